The number of amides is 1. The minimum atomic E-state index is -0.214. The van der Waals surface area contributed by atoms with Crippen molar-refractivity contribution in [3.8, 4) is 5.69 Å². The van der Waals surface area contributed by atoms with Gasteiger partial charge < -0.3 is 9.88 Å². The molecule has 0 spiro atoms. The van der Waals surface area contributed by atoms with E-state index in [2.05, 4.69) is 5.32 Å². The molecule has 2 aromatic rings. The first-order valence-electron chi connectivity index (χ1n) is 6.58. The maximum Gasteiger partial charge on any atom is 0.226 e. The minimum Gasteiger partial charge on any atom is -0.351 e. The Morgan fingerprint density at radius 2 is 1.85 bits per heavy atom. The van der Waals surface area contributed by atoms with Gasteiger partial charge in [0.25, 0.3) is 0 Å². The second kappa shape index (κ2) is 5.71. The quantitative estimate of drug-likeness (QED) is 0.921. The van der Waals surface area contributed by atoms with Gasteiger partial charge in [0.15, 0.2) is 0 Å². The highest BCUT2D eigenvalue weighted by molar-refractivity contribution is 6.30. The fourth-order valence-corrected chi connectivity index (χ4v) is 2.17. The molecule has 1 heterocycles. The molecule has 106 valence electrons. The summed E-state index contributed by atoms with van der Waals surface area (Å²) in [5.41, 5.74) is 1.74. The summed E-state index contributed by atoms with van der Waals surface area (Å²) in [6.45, 7) is 5.93. The molecule has 0 bridgehead atoms. The van der Waals surface area contributed by atoms with Crippen LogP contribution in [0.4, 0.5) is 0 Å². The second-order valence-corrected chi connectivity index (χ2v) is 6.26. The molecular weight excluding hydrogens is 272 g/mol. The average molecular weight is 291 g/mol. The lowest BCUT2D eigenvalue weighted by atomic mass is 10.1. The molecule has 0 aliphatic heterocycles. The summed E-state index contributed by atoms with van der Waals surface area (Å²) < 4.78 is 2.00. The predicted molar refractivity (Wildman–Crippen MR) is 82.4 cm³/mol. The number of aromatic nitrogens is 1. The number of benzene rings is 1. The molecule has 0 atom stereocenters. The smallest absolute Gasteiger partial charge is 0.226 e. The topological polar surface area (TPSA) is 34.0 Å². The van der Waals surface area contributed by atoms with Gasteiger partial charge in [0.2, 0.25) is 5.91 Å². The molecule has 20 heavy (non-hydrogen) atoms. The predicted octanol–water partition coefficient (Wildman–Crippen LogP) is 3.59. The summed E-state index contributed by atoms with van der Waals surface area (Å²) in [7, 11) is 0. The Labute approximate surface area is 124 Å². The van der Waals surface area contributed by atoms with Crippen molar-refractivity contribution in [2.24, 2.45) is 0 Å². The van der Waals surface area contributed by atoms with Crippen molar-refractivity contribution in [3.63, 3.8) is 0 Å². The van der Waals surface area contributed by atoms with Crippen molar-refractivity contribution in [1.82, 2.24) is 9.88 Å². The Morgan fingerprint density at radius 3 is 2.45 bits per heavy atom. The lowest BCUT2D eigenvalue weighted by molar-refractivity contribution is -0.121. The average Bonchev–Trinajstić information content (AvgIpc) is 2.75. The number of nitrogens with one attached hydrogen (secondary N) is 1. The fraction of sp³-hybridized carbons (Fsp3) is 0.312. The number of nitrogens with zero attached hydrogens (tertiary/aromatic N) is 1. The molecule has 0 saturated heterocycles. The molecule has 0 saturated carbocycles. The van der Waals surface area contributed by atoms with E-state index in [1.165, 1.54) is 0 Å². The SMILES string of the molecule is CC(C)(C)NC(=O)Cc1cccn1-c1ccc(Cl)cc1. The van der Waals surface area contributed by atoms with Crippen LogP contribution in [-0.2, 0) is 11.2 Å². The van der Waals surface area contributed by atoms with Crippen molar-refractivity contribution < 1.29 is 4.79 Å². The molecule has 0 fully saturated rings. The van der Waals surface area contributed by atoms with E-state index in [4.69, 9.17) is 11.6 Å². The van der Waals surface area contributed by atoms with E-state index >= 15 is 0 Å². The zero-order chi connectivity index (χ0) is 14.8. The van der Waals surface area contributed by atoms with E-state index in [0.29, 0.717) is 11.4 Å². The van der Waals surface area contributed by atoms with E-state index in [0.717, 1.165) is 11.4 Å². The number of carbonyl (C=O) groups is 1. The van der Waals surface area contributed by atoms with Crippen molar-refractivity contribution in [1.29, 1.82) is 0 Å². The van der Waals surface area contributed by atoms with Gasteiger partial charge in [-0.2, -0.15) is 0 Å². The molecule has 2 rings (SSSR count). The van der Waals surface area contributed by atoms with Gasteiger partial charge in [-0.05, 0) is 57.2 Å². The Kier molecular flexibility index (Phi) is 4.19. The molecule has 1 aromatic carbocycles. The molecule has 0 aliphatic rings. The molecule has 1 amide bonds. The van der Waals surface area contributed by atoms with Gasteiger partial charge in [-0.1, -0.05) is 11.6 Å². The Balaban J connectivity index is 2.17. The van der Waals surface area contributed by atoms with Gasteiger partial charge in [0.1, 0.15) is 0 Å². The van der Waals surface area contributed by atoms with Gasteiger partial charge >= 0.3 is 0 Å². The summed E-state index contributed by atoms with van der Waals surface area (Å²) >= 11 is 5.90. The van der Waals surface area contributed by atoms with E-state index < -0.39 is 0 Å². The lowest BCUT2D eigenvalue weighted by Gasteiger charge is -2.20. The van der Waals surface area contributed by atoms with E-state index in [9.17, 15) is 4.79 Å². The van der Waals surface area contributed by atoms with Crippen LogP contribution in [0.5, 0.6) is 0 Å². The molecule has 0 aliphatic carbocycles. The molecule has 3 nitrogen and oxygen atoms in total. The fourth-order valence-electron chi connectivity index (χ4n) is 2.04. The normalized spacial score (nSPS) is 11.4. The standard InChI is InChI=1S/C16H19ClN2O/c1-16(2,3)18-15(20)11-14-5-4-10-19(14)13-8-6-12(17)7-9-13/h4-10H,11H2,1-3H3,(H,18,20). The summed E-state index contributed by atoms with van der Waals surface area (Å²) in [5, 5.41) is 3.67. The zero-order valence-electron chi connectivity index (χ0n) is 12.0. The van der Waals surface area contributed by atoms with Crippen molar-refractivity contribution in [2.45, 2.75) is 32.7 Å². The van der Waals surface area contributed by atoms with Crippen molar-refractivity contribution >= 4 is 17.5 Å². The molecule has 1 N–H and O–H groups in total. The number of rotatable bonds is 3. The summed E-state index contributed by atoms with van der Waals surface area (Å²) in [6, 6.07) is 11.5. The van der Waals surface area contributed by atoms with Crippen molar-refractivity contribution in [3.05, 3.63) is 53.3 Å². The Hall–Kier alpha value is -1.74. The third kappa shape index (κ3) is 3.87. The first-order chi connectivity index (χ1) is 9.35. The summed E-state index contributed by atoms with van der Waals surface area (Å²) in [6.07, 6.45) is 2.30. The highest BCUT2D eigenvalue weighted by atomic mass is 35.5. The van der Waals surface area contributed by atoms with Crippen LogP contribution in [0.25, 0.3) is 5.69 Å². The van der Waals surface area contributed by atoms with Crippen LogP contribution in [0.2, 0.25) is 5.02 Å². The molecule has 4 heteroatoms. The third-order valence-corrected chi connectivity index (χ3v) is 3.05. The largest absolute Gasteiger partial charge is 0.351 e. The monoisotopic (exact) mass is 290 g/mol. The summed E-state index contributed by atoms with van der Waals surface area (Å²) in [5.74, 6) is 0.0198. The number of hydrogen-bond acceptors (Lipinski definition) is 1. The van der Waals surface area contributed by atoms with Gasteiger partial charge in [-0.15, -0.1) is 0 Å². The van der Waals surface area contributed by atoms with Crippen LogP contribution < -0.4 is 5.32 Å². The lowest BCUT2D eigenvalue weighted by Crippen LogP contribution is -2.41. The highest BCUT2D eigenvalue weighted by Crippen LogP contribution is 2.16. The van der Waals surface area contributed by atoms with Gasteiger partial charge in [0, 0.05) is 28.1 Å². The van der Waals surface area contributed by atoms with E-state index in [1.807, 2.05) is 67.9 Å². The van der Waals surface area contributed by atoms with Gasteiger partial charge in [-0.3, -0.25) is 4.79 Å². The summed E-state index contributed by atoms with van der Waals surface area (Å²) in [4.78, 5) is 12.0. The zero-order valence-corrected chi connectivity index (χ0v) is 12.7. The number of halogens is 1. The van der Waals surface area contributed by atoms with Crippen LogP contribution in [-0.4, -0.2) is 16.0 Å². The van der Waals surface area contributed by atoms with E-state index in [1.54, 1.807) is 0 Å². The van der Waals surface area contributed by atoms with Gasteiger partial charge in [0.05, 0.1) is 6.42 Å². The Bertz CT molecular complexity index is 594. The van der Waals surface area contributed by atoms with Gasteiger partial charge in [-0.25, -0.2) is 0 Å². The van der Waals surface area contributed by atoms with Crippen LogP contribution in [0.3, 0.4) is 0 Å². The first kappa shape index (κ1) is 14.7. The van der Waals surface area contributed by atoms with Crippen LogP contribution >= 0.6 is 11.6 Å². The molecule has 1 aromatic heterocycles. The highest BCUT2D eigenvalue weighted by Gasteiger charge is 2.15. The second-order valence-electron chi connectivity index (χ2n) is 5.82. The molecule has 0 unspecified atom stereocenters. The third-order valence-electron chi connectivity index (χ3n) is 2.79. The van der Waals surface area contributed by atoms with Crippen LogP contribution in [0, 0.1) is 0 Å². The Morgan fingerprint density at radius 1 is 1.20 bits per heavy atom. The van der Waals surface area contributed by atoms with Crippen LogP contribution in [0.1, 0.15) is 26.5 Å². The maximum atomic E-state index is 12.0. The van der Waals surface area contributed by atoms with E-state index in [-0.39, 0.29) is 11.4 Å². The number of carbonyl (C=O) groups excluding carboxylic acids is 1. The minimum absolute atomic E-state index is 0.0198. The molecular formula is C16H19ClN2O. The number of hydrogen-bond donors (Lipinski definition) is 1. The van der Waals surface area contributed by atoms with Crippen molar-refractivity contribution in [2.75, 3.05) is 0 Å². The first-order valence-corrected chi connectivity index (χ1v) is 6.96. The van der Waals surface area contributed by atoms with Crippen LogP contribution in [0.15, 0.2) is 42.6 Å². The molecule has 0 radical (unpaired) electrons. The maximum absolute atomic E-state index is 12.0.